The summed E-state index contributed by atoms with van der Waals surface area (Å²) in [5, 5.41) is 0. The van der Waals surface area contributed by atoms with E-state index in [1.54, 1.807) is 0 Å². The van der Waals surface area contributed by atoms with Crippen LogP contribution in [-0.4, -0.2) is 7.28 Å². The van der Waals surface area contributed by atoms with E-state index in [0.717, 1.165) is 16.2 Å². The maximum atomic E-state index is 3.96. The molecule has 7 aromatic rings. The quantitative estimate of drug-likeness (QED) is 0.153. The Bertz CT molecular complexity index is 1980. The van der Waals surface area contributed by atoms with Crippen LogP contribution in [0.15, 0.2) is 98.3 Å². The van der Waals surface area contributed by atoms with Gasteiger partial charge in [-0.25, -0.2) is 0 Å². The number of hydrogen-bond acceptors (Lipinski definition) is 4. The van der Waals surface area contributed by atoms with Gasteiger partial charge in [-0.2, -0.15) is 0 Å². The Morgan fingerprint density at radius 2 is 1.05 bits per heavy atom. The molecule has 4 heterocycles. The molecule has 0 fully saturated rings. The Kier molecular flexibility index (Phi) is 7.25. The van der Waals surface area contributed by atoms with Gasteiger partial charge in [-0.1, -0.05) is 99.3 Å². The summed E-state index contributed by atoms with van der Waals surface area (Å²) in [6.07, 6.45) is 0. The van der Waals surface area contributed by atoms with Gasteiger partial charge in [-0.15, -0.1) is 45.3 Å². The minimum Gasteiger partial charge on any atom is -0.135 e. The highest BCUT2D eigenvalue weighted by Crippen LogP contribution is 2.51. The minimum atomic E-state index is 1.01. The molecule has 4 aromatic heterocycles. The zero-order chi connectivity index (χ0) is 26.7. The molecular formula is C31H18BBr3S4. The van der Waals surface area contributed by atoms with Gasteiger partial charge in [-0.05, 0) is 56.8 Å². The molecule has 0 saturated carbocycles. The van der Waals surface area contributed by atoms with Crippen molar-refractivity contribution in [1.82, 2.24) is 0 Å². The normalized spacial score (nSPS) is 11.6. The summed E-state index contributed by atoms with van der Waals surface area (Å²) < 4.78 is 8.82. The van der Waals surface area contributed by atoms with Crippen molar-refractivity contribution in [2.24, 2.45) is 0 Å². The van der Waals surface area contributed by atoms with E-state index >= 15 is 0 Å². The molecule has 0 aliphatic heterocycles. The lowest BCUT2D eigenvalue weighted by atomic mass is 9.72. The summed E-state index contributed by atoms with van der Waals surface area (Å²) in [4.78, 5) is 5.26. The van der Waals surface area contributed by atoms with Crippen LogP contribution in [0.3, 0.4) is 0 Å². The summed E-state index contributed by atoms with van der Waals surface area (Å²) in [7, 11) is 1.01. The van der Waals surface area contributed by atoms with Crippen molar-refractivity contribution in [3.63, 3.8) is 0 Å². The van der Waals surface area contributed by atoms with E-state index in [1.165, 1.54) is 70.5 Å². The highest BCUT2D eigenvalue weighted by molar-refractivity contribution is 9.11. The first-order valence-electron chi connectivity index (χ1n) is 12.4. The first-order chi connectivity index (χ1) is 19.0. The smallest absolute Gasteiger partial charge is 0.135 e. The molecular weight excluding hydrogens is 751 g/mol. The lowest BCUT2D eigenvalue weighted by Crippen LogP contribution is -2.10. The van der Waals surface area contributed by atoms with E-state index in [0.29, 0.717) is 0 Å². The van der Waals surface area contributed by atoms with Crippen molar-refractivity contribution < 1.29 is 0 Å². The van der Waals surface area contributed by atoms with Gasteiger partial charge in [0.2, 0.25) is 0 Å². The Hall–Kier alpha value is -1.52. The second kappa shape index (κ2) is 10.7. The zero-order valence-corrected chi connectivity index (χ0v) is 28.6. The van der Waals surface area contributed by atoms with Crippen molar-refractivity contribution >= 4 is 125 Å². The molecule has 0 radical (unpaired) electrons. The molecule has 3 aromatic carbocycles. The third-order valence-corrected chi connectivity index (χ3v) is 14.5. The van der Waals surface area contributed by atoms with Crippen molar-refractivity contribution in [2.75, 3.05) is 0 Å². The minimum absolute atomic E-state index is 1.01. The fourth-order valence-corrected chi connectivity index (χ4v) is 12.6. The Morgan fingerprint density at radius 1 is 0.564 bits per heavy atom. The molecule has 0 aliphatic rings. The van der Waals surface area contributed by atoms with Gasteiger partial charge >= 0.3 is 0 Å². The van der Waals surface area contributed by atoms with Crippen LogP contribution in [0.5, 0.6) is 0 Å². The molecule has 39 heavy (non-hydrogen) atoms. The molecule has 0 bridgehead atoms. The largest absolute Gasteiger partial charge is 0.158 e. The van der Waals surface area contributed by atoms with Gasteiger partial charge in [0.05, 0.1) is 14.0 Å². The van der Waals surface area contributed by atoms with Crippen LogP contribution >= 0.6 is 93.1 Å². The van der Waals surface area contributed by atoms with Crippen LogP contribution in [0.1, 0.15) is 0 Å². The molecule has 0 saturated heterocycles. The second-order valence-electron chi connectivity index (χ2n) is 9.16. The predicted octanol–water partition coefficient (Wildman–Crippen LogP) is 12.3. The van der Waals surface area contributed by atoms with E-state index in [1.807, 2.05) is 45.3 Å². The third kappa shape index (κ3) is 4.66. The second-order valence-corrected chi connectivity index (χ2v) is 15.9. The Morgan fingerprint density at radius 3 is 1.59 bits per heavy atom. The highest BCUT2D eigenvalue weighted by Gasteiger charge is 2.22. The SMILES string of the molecule is CBc1c(-c2cc(Br)c(-c3sc4cc(-c5ccccc5)sc4c3Br)cc2Br)sc2cc(-c3ccccc3)sc12. The molecule has 0 N–H and O–H groups in total. The summed E-state index contributed by atoms with van der Waals surface area (Å²) in [5.74, 6) is 0. The predicted molar refractivity (Wildman–Crippen MR) is 190 cm³/mol. The van der Waals surface area contributed by atoms with Crippen LogP contribution in [0, 0.1) is 0 Å². The molecule has 0 amide bonds. The molecule has 0 unspecified atom stereocenters. The fourth-order valence-electron chi connectivity index (χ4n) is 4.89. The first kappa shape index (κ1) is 26.4. The summed E-state index contributed by atoms with van der Waals surface area (Å²) in [6, 6.07) is 30.6. The van der Waals surface area contributed by atoms with Gasteiger partial charge in [0.1, 0.15) is 0 Å². The zero-order valence-electron chi connectivity index (χ0n) is 20.6. The van der Waals surface area contributed by atoms with E-state index in [4.69, 9.17) is 0 Å². The van der Waals surface area contributed by atoms with Gasteiger partial charge < -0.3 is 0 Å². The molecule has 0 spiro atoms. The first-order valence-corrected chi connectivity index (χ1v) is 18.0. The van der Waals surface area contributed by atoms with Crippen molar-refractivity contribution in [3.8, 4) is 41.8 Å². The maximum absolute atomic E-state index is 3.96. The van der Waals surface area contributed by atoms with E-state index in [2.05, 4.69) is 140 Å². The Labute approximate surface area is 269 Å². The lowest BCUT2D eigenvalue weighted by Gasteiger charge is -2.11. The van der Waals surface area contributed by atoms with Crippen molar-refractivity contribution in [2.45, 2.75) is 6.82 Å². The van der Waals surface area contributed by atoms with Gasteiger partial charge in [0.25, 0.3) is 0 Å². The van der Waals surface area contributed by atoms with Gasteiger partial charge in [0.15, 0.2) is 7.28 Å². The number of benzene rings is 3. The standard InChI is InChI=1S/C31H18BBr3S4/c1-32-26-28(38-24-14-22(36-30(24)26)16-8-4-2-5-9-16)18-12-21(34)19(13-20(18)33)29-27(35)31-25(39-29)15-23(37-31)17-10-6-3-7-11-17/h2-15,32H,1H3. The average Bonchev–Trinajstić information content (AvgIpc) is 3.71. The average molecular weight is 769 g/mol. The van der Waals surface area contributed by atoms with Gasteiger partial charge in [0, 0.05) is 48.8 Å². The van der Waals surface area contributed by atoms with E-state index < -0.39 is 0 Å². The molecule has 0 atom stereocenters. The van der Waals surface area contributed by atoms with Crippen LogP contribution in [0.2, 0.25) is 6.82 Å². The summed E-state index contributed by atoms with van der Waals surface area (Å²) in [6.45, 7) is 2.27. The van der Waals surface area contributed by atoms with Crippen molar-refractivity contribution in [1.29, 1.82) is 0 Å². The topological polar surface area (TPSA) is 0 Å². The third-order valence-electron chi connectivity index (χ3n) is 6.78. The number of fused-ring (bicyclic) bond motifs is 2. The van der Waals surface area contributed by atoms with E-state index in [-0.39, 0.29) is 0 Å². The monoisotopic (exact) mass is 766 g/mol. The molecule has 8 heteroatoms. The summed E-state index contributed by atoms with van der Waals surface area (Å²) >= 11 is 19.4. The van der Waals surface area contributed by atoms with Crippen LogP contribution in [0.4, 0.5) is 0 Å². The Balaban J connectivity index is 1.29. The number of halogens is 3. The number of hydrogen-bond donors (Lipinski definition) is 0. The van der Waals surface area contributed by atoms with E-state index in [9.17, 15) is 0 Å². The van der Waals surface area contributed by atoms with Crippen molar-refractivity contribution in [3.05, 3.63) is 98.3 Å². The number of thiophene rings is 4. The van der Waals surface area contributed by atoms with Crippen LogP contribution in [-0.2, 0) is 0 Å². The molecule has 190 valence electrons. The molecule has 0 nitrogen and oxygen atoms in total. The number of rotatable bonds is 5. The fraction of sp³-hybridized carbons (Fsp3) is 0.0323. The molecule has 7 rings (SSSR count). The maximum Gasteiger partial charge on any atom is 0.158 e. The lowest BCUT2D eigenvalue weighted by molar-refractivity contribution is 1.60. The highest BCUT2D eigenvalue weighted by atomic mass is 79.9. The van der Waals surface area contributed by atoms with Crippen LogP contribution < -0.4 is 5.46 Å². The van der Waals surface area contributed by atoms with Gasteiger partial charge in [-0.3, -0.25) is 0 Å². The summed E-state index contributed by atoms with van der Waals surface area (Å²) in [5.41, 5.74) is 6.45. The molecule has 0 aliphatic carbocycles. The van der Waals surface area contributed by atoms with Crippen LogP contribution in [0.25, 0.3) is 60.6 Å².